The first-order valence-electron chi connectivity index (χ1n) is 7.07. The maximum absolute atomic E-state index is 11.8. The summed E-state index contributed by atoms with van der Waals surface area (Å²) in [6.07, 6.45) is 3.54. The zero-order valence-electron chi connectivity index (χ0n) is 11.6. The van der Waals surface area contributed by atoms with Gasteiger partial charge < -0.3 is 9.47 Å². The Morgan fingerprint density at radius 2 is 2.38 bits per heavy atom. The highest BCUT2D eigenvalue weighted by molar-refractivity contribution is 7.20. The van der Waals surface area contributed by atoms with Gasteiger partial charge in [-0.25, -0.2) is 4.98 Å². The molecule has 1 aliphatic rings. The van der Waals surface area contributed by atoms with E-state index in [1.807, 2.05) is 22.9 Å². The van der Waals surface area contributed by atoms with Gasteiger partial charge >= 0.3 is 5.97 Å². The second-order valence-electron chi connectivity index (χ2n) is 4.97. The van der Waals surface area contributed by atoms with Crippen molar-refractivity contribution in [3.8, 4) is 9.88 Å². The summed E-state index contributed by atoms with van der Waals surface area (Å²) in [6, 6.07) is 4.03. The minimum atomic E-state index is -0.229. The Morgan fingerprint density at radius 1 is 1.43 bits per heavy atom. The van der Waals surface area contributed by atoms with E-state index in [1.165, 1.54) is 0 Å². The van der Waals surface area contributed by atoms with Crippen LogP contribution >= 0.6 is 22.7 Å². The summed E-state index contributed by atoms with van der Waals surface area (Å²) >= 11 is 3.21. The molecular formula is C15H17NO3S2. The van der Waals surface area contributed by atoms with E-state index in [0.29, 0.717) is 6.61 Å². The molecule has 1 unspecified atom stereocenters. The van der Waals surface area contributed by atoms with E-state index in [9.17, 15) is 4.79 Å². The molecule has 21 heavy (non-hydrogen) atoms. The summed E-state index contributed by atoms with van der Waals surface area (Å²) < 4.78 is 10.8. The predicted molar refractivity (Wildman–Crippen MR) is 83.7 cm³/mol. The Kier molecular flexibility index (Phi) is 5.00. The number of ether oxygens (including phenoxy) is 2. The molecule has 1 fully saturated rings. The van der Waals surface area contributed by atoms with Gasteiger partial charge in [0.25, 0.3) is 0 Å². The van der Waals surface area contributed by atoms with E-state index in [-0.39, 0.29) is 18.5 Å². The molecule has 0 N–H and O–H groups in total. The molecular weight excluding hydrogens is 306 g/mol. The number of nitrogens with zero attached hydrogens (tertiary/aromatic N) is 1. The van der Waals surface area contributed by atoms with E-state index in [0.717, 1.165) is 41.4 Å². The van der Waals surface area contributed by atoms with Crippen molar-refractivity contribution < 1.29 is 14.3 Å². The van der Waals surface area contributed by atoms with Crippen LogP contribution in [-0.4, -0.2) is 30.3 Å². The molecule has 0 aliphatic carbocycles. The van der Waals surface area contributed by atoms with Crippen LogP contribution in [0.3, 0.4) is 0 Å². The fourth-order valence-electron chi connectivity index (χ4n) is 2.23. The second-order valence-corrected chi connectivity index (χ2v) is 6.78. The number of hydrogen-bond acceptors (Lipinski definition) is 6. The van der Waals surface area contributed by atoms with Crippen molar-refractivity contribution in [2.45, 2.75) is 31.8 Å². The van der Waals surface area contributed by atoms with Crippen LogP contribution in [0.15, 0.2) is 22.9 Å². The summed E-state index contributed by atoms with van der Waals surface area (Å²) in [5.41, 5.74) is 0.776. The molecule has 3 rings (SSSR count). The summed E-state index contributed by atoms with van der Waals surface area (Å²) in [5, 5.41) is 4.91. The van der Waals surface area contributed by atoms with Gasteiger partial charge in [0.2, 0.25) is 0 Å². The van der Waals surface area contributed by atoms with Gasteiger partial charge in [-0.05, 0) is 30.7 Å². The predicted octanol–water partition coefficient (Wildman–Crippen LogP) is 3.53. The second kappa shape index (κ2) is 7.15. The lowest BCUT2D eigenvalue weighted by Crippen LogP contribution is -2.26. The Balaban J connectivity index is 1.48. The van der Waals surface area contributed by atoms with E-state index < -0.39 is 0 Å². The van der Waals surface area contributed by atoms with Gasteiger partial charge in [-0.1, -0.05) is 6.07 Å². The number of carbonyl (C=O) groups is 1. The molecule has 1 atom stereocenters. The average molecular weight is 323 g/mol. The molecule has 4 nitrogen and oxygen atoms in total. The zero-order valence-corrected chi connectivity index (χ0v) is 13.3. The van der Waals surface area contributed by atoms with Crippen LogP contribution in [0.25, 0.3) is 9.88 Å². The lowest BCUT2D eigenvalue weighted by molar-refractivity contribution is -0.148. The van der Waals surface area contributed by atoms with Gasteiger partial charge in [-0.3, -0.25) is 4.79 Å². The molecule has 0 aromatic carbocycles. The number of thiazole rings is 1. The number of carbonyl (C=O) groups excluding carboxylic acids is 1. The van der Waals surface area contributed by atoms with Gasteiger partial charge in [0.05, 0.1) is 23.1 Å². The van der Waals surface area contributed by atoms with Crippen molar-refractivity contribution in [3.63, 3.8) is 0 Å². The Hall–Kier alpha value is -1.24. The molecule has 3 heterocycles. The highest BCUT2D eigenvalue weighted by Crippen LogP contribution is 2.27. The van der Waals surface area contributed by atoms with E-state index in [2.05, 4.69) is 4.98 Å². The minimum Gasteiger partial charge on any atom is -0.463 e. The maximum atomic E-state index is 11.8. The van der Waals surface area contributed by atoms with Crippen LogP contribution in [0.2, 0.25) is 0 Å². The quantitative estimate of drug-likeness (QED) is 0.790. The van der Waals surface area contributed by atoms with Crippen molar-refractivity contribution in [3.05, 3.63) is 28.6 Å². The molecule has 0 amide bonds. The summed E-state index contributed by atoms with van der Waals surface area (Å²) in [5.74, 6) is -0.229. The first-order valence-corrected chi connectivity index (χ1v) is 8.83. The smallest absolute Gasteiger partial charge is 0.311 e. The number of aromatic nitrogens is 1. The molecule has 0 saturated carbocycles. The molecule has 1 aliphatic heterocycles. The monoisotopic (exact) mass is 323 g/mol. The van der Waals surface area contributed by atoms with Crippen LogP contribution in [0.1, 0.15) is 25.0 Å². The van der Waals surface area contributed by atoms with Crippen LogP contribution < -0.4 is 0 Å². The van der Waals surface area contributed by atoms with E-state index in [4.69, 9.17) is 9.47 Å². The topological polar surface area (TPSA) is 48.4 Å². The third-order valence-corrected chi connectivity index (χ3v) is 5.24. The number of esters is 1. The maximum Gasteiger partial charge on any atom is 0.311 e. The summed E-state index contributed by atoms with van der Waals surface area (Å²) in [6.45, 7) is 1.14. The minimum absolute atomic E-state index is 0.0693. The van der Waals surface area contributed by atoms with Crippen LogP contribution in [-0.2, 0) is 20.7 Å². The van der Waals surface area contributed by atoms with Crippen molar-refractivity contribution in [1.82, 2.24) is 4.98 Å². The molecule has 1 saturated heterocycles. The third kappa shape index (κ3) is 4.12. The Morgan fingerprint density at radius 3 is 3.14 bits per heavy atom. The molecule has 6 heteroatoms. The van der Waals surface area contributed by atoms with Crippen molar-refractivity contribution in [2.75, 3.05) is 13.2 Å². The molecule has 0 radical (unpaired) electrons. The first kappa shape index (κ1) is 14.7. The van der Waals surface area contributed by atoms with Gasteiger partial charge in [-0.2, -0.15) is 0 Å². The molecule has 0 bridgehead atoms. The summed E-state index contributed by atoms with van der Waals surface area (Å²) in [4.78, 5) is 17.5. The van der Waals surface area contributed by atoms with Crippen LogP contribution in [0.5, 0.6) is 0 Å². The molecule has 2 aromatic heterocycles. The Labute approximate surface area is 131 Å². The van der Waals surface area contributed by atoms with Crippen molar-refractivity contribution in [1.29, 1.82) is 0 Å². The summed E-state index contributed by atoms with van der Waals surface area (Å²) in [7, 11) is 0. The van der Waals surface area contributed by atoms with Gasteiger partial charge in [0, 0.05) is 12.0 Å². The largest absolute Gasteiger partial charge is 0.463 e. The lowest BCUT2D eigenvalue weighted by atomic mass is 10.1. The SMILES string of the molecule is O=C(Cc1csc(-c2cccs2)n1)OCC1CCCCO1. The van der Waals surface area contributed by atoms with Gasteiger partial charge in [0.15, 0.2) is 0 Å². The lowest BCUT2D eigenvalue weighted by Gasteiger charge is -2.21. The fourth-order valence-corrected chi connectivity index (χ4v) is 3.86. The van der Waals surface area contributed by atoms with Crippen LogP contribution in [0.4, 0.5) is 0 Å². The van der Waals surface area contributed by atoms with Gasteiger partial charge in [0.1, 0.15) is 11.6 Å². The first-order chi connectivity index (χ1) is 10.3. The van der Waals surface area contributed by atoms with E-state index in [1.54, 1.807) is 22.7 Å². The average Bonchev–Trinajstić information content (AvgIpc) is 3.17. The molecule has 0 spiro atoms. The van der Waals surface area contributed by atoms with Crippen molar-refractivity contribution >= 4 is 28.6 Å². The number of thiophene rings is 1. The number of hydrogen-bond donors (Lipinski definition) is 0. The Bertz CT molecular complexity index is 574. The third-order valence-electron chi connectivity index (χ3n) is 3.31. The highest BCUT2D eigenvalue weighted by Gasteiger charge is 2.17. The standard InChI is InChI=1S/C15H17NO3S2/c17-14(19-9-12-4-1-2-6-18-12)8-11-10-21-15(16-11)13-5-3-7-20-13/h3,5,7,10,12H,1-2,4,6,8-9H2. The van der Waals surface area contributed by atoms with Crippen molar-refractivity contribution in [2.24, 2.45) is 0 Å². The zero-order chi connectivity index (χ0) is 14.5. The number of rotatable bonds is 5. The molecule has 2 aromatic rings. The fraction of sp³-hybridized carbons (Fsp3) is 0.467. The van der Waals surface area contributed by atoms with Gasteiger partial charge in [-0.15, -0.1) is 22.7 Å². The molecule has 112 valence electrons. The van der Waals surface area contributed by atoms with E-state index >= 15 is 0 Å². The highest BCUT2D eigenvalue weighted by atomic mass is 32.1. The normalized spacial score (nSPS) is 18.6. The van der Waals surface area contributed by atoms with Crippen LogP contribution in [0, 0.1) is 0 Å².